The molecule has 20 heavy (non-hydrogen) atoms. The van der Waals surface area contributed by atoms with Gasteiger partial charge in [0, 0.05) is 12.6 Å². The number of aromatic nitrogens is 2. The number of hydrogen-bond donors (Lipinski definition) is 0. The second-order valence-electron chi connectivity index (χ2n) is 4.33. The lowest BCUT2D eigenvalue weighted by molar-refractivity contribution is 0.291. The van der Waals surface area contributed by atoms with Gasteiger partial charge in [-0.3, -0.25) is 4.68 Å². The first-order valence-corrected chi connectivity index (χ1v) is 7.95. The van der Waals surface area contributed by atoms with E-state index in [-0.39, 0.29) is 0 Å². The van der Waals surface area contributed by atoms with Gasteiger partial charge in [0.15, 0.2) is 0 Å². The van der Waals surface area contributed by atoms with Crippen LogP contribution >= 0.6 is 39.1 Å². The molecule has 0 N–H and O–H groups in total. The van der Waals surface area contributed by atoms with Crippen molar-refractivity contribution in [2.24, 2.45) is 7.05 Å². The van der Waals surface area contributed by atoms with E-state index in [1.165, 1.54) is 0 Å². The highest BCUT2D eigenvalue weighted by molar-refractivity contribution is 9.10. The highest BCUT2D eigenvalue weighted by atomic mass is 79.9. The predicted molar refractivity (Wildman–Crippen MR) is 85.6 cm³/mol. The largest absolute Gasteiger partial charge is 0.486 e. The molecule has 3 nitrogen and oxygen atoms in total. The molecule has 0 saturated carbocycles. The van der Waals surface area contributed by atoms with Crippen molar-refractivity contribution in [1.82, 2.24) is 9.78 Å². The maximum absolute atomic E-state index is 6.31. The summed E-state index contributed by atoms with van der Waals surface area (Å²) in [4.78, 5) is 0. The minimum absolute atomic E-state index is 0.356. The number of aryl methyl sites for hydroxylation is 2. The van der Waals surface area contributed by atoms with Crippen molar-refractivity contribution < 1.29 is 4.74 Å². The number of alkyl halides is 1. The molecule has 2 rings (SSSR count). The predicted octanol–water partition coefficient (Wildman–Crippen LogP) is 4.72. The third-order valence-corrected chi connectivity index (χ3v) is 4.40. The first kappa shape index (κ1) is 15.7. The van der Waals surface area contributed by atoms with E-state index in [0.29, 0.717) is 17.5 Å². The minimum Gasteiger partial charge on any atom is -0.486 e. The molecule has 2 aromatic rings. The molecule has 0 atom stereocenters. The monoisotopic (exact) mass is 376 g/mol. The second kappa shape index (κ2) is 6.83. The summed E-state index contributed by atoms with van der Waals surface area (Å²) in [5, 5.41) is 5.05. The molecule has 0 unspecified atom stereocenters. The Bertz CT molecular complexity index is 613. The Labute approximate surface area is 137 Å². The minimum atomic E-state index is 0.356. The number of nitrogens with zero attached hydrogens (tertiary/aromatic N) is 2. The van der Waals surface area contributed by atoms with Crippen LogP contribution in [0.4, 0.5) is 0 Å². The average Bonchev–Trinajstić information content (AvgIpc) is 2.72. The molecule has 0 aliphatic carbocycles. The number of para-hydroxylation sites is 1. The van der Waals surface area contributed by atoms with Crippen LogP contribution in [0.3, 0.4) is 0 Å². The van der Waals surface area contributed by atoms with Gasteiger partial charge in [-0.2, -0.15) is 5.10 Å². The number of rotatable bonds is 5. The summed E-state index contributed by atoms with van der Waals surface area (Å²) in [6.07, 6.45) is 0.800. The van der Waals surface area contributed by atoms with Crippen molar-refractivity contribution in [3.8, 4) is 5.75 Å². The number of benzene rings is 1. The van der Waals surface area contributed by atoms with Gasteiger partial charge < -0.3 is 4.74 Å². The molecule has 0 radical (unpaired) electrons. The van der Waals surface area contributed by atoms with Crippen molar-refractivity contribution in [2.45, 2.75) is 25.8 Å². The van der Waals surface area contributed by atoms with Gasteiger partial charge in [0.25, 0.3) is 0 Å². The molecule has 0 amide bonds. The van der Waals surface area contributed by atoms with E-state index in [1.807, 2.05) is 32.2 Å². The first-order chi connectivity index (χ1) is 9.58. The average molecular weight is 378 g/mol. The van der Waals surface area contributed by atoms with E-state index < -0.39 is 0 Å². The fraction of sp³-hybridized carbons (Fsp3) is 0.357. The molecule has 0 bridgehead atoms. The molecule has 0 aliphatic rings. The molecule has 1 aromatic heterocycles. The summed E-state index contributed by atoms with van der Waals surface area (Å²) >= 11 is 15.7. The van der Waals surface area contributed by atoms with Crippen molar-refractivity contribution in [2.75, 3.05) is 0 Å². The van der Waals surface area contributed by atoms with Gasteiger partial charge in [0.05, 0.1) is 26.8 Å². The zero-order valence-electron chi connectivity index (χ0n) is 11.3. The van der Waals surface area contributed by atoms with Gasteiger partial charge in [0.1, 0.15) is 12.4 Å². The fourth-order valence-corrected chi connectivity index (χ4v) is 3.02. The zero-order valence-corrected chi connectivity index (χ0v) is 14.4. The van der Waals surface area contributed by atoms with Crippen LogP contribution in [0.15, 0.2) is 22.7 Å². The van der Waals surface area contributed by atoms with E-state index in [0.717, 1.165) is 33.6 Å². The zero-order chi connectivity index (χ0) is 14.7. The van der Waals surface area contributed by atoms with Crippen LogP contribution < -0.4 is 4.74 Å². The Morgan fingerprint density at radius 3 is 2.75 bits per heavy atom. The van der Waals surface area contributed by atoms with Crippen LogP contribution in [0.5, 0.6) is 5.75 Å². The molecule has 6 heteroatoms. The van der Waals surface area contributed by atoms with Crippen LogP contribution in [-0.2, 0) is 26.0 Å². The van der Waals surface area contributed by atoms with Crippen molar-refractivity contribution in [1.29, 1.82) is 0 Å². The van der Waals surface area contributed by atoms with E-state index in [1.54, 1.807) is 4.68 Å². The quantitative estimate of drug-likeness (QED) is 0.705. The molecule has 0 aliphatic heterocycles. The van der Waals surface area contributed by atoms with Gasteiger partial charge in [-0.05, 0) is 28.4 Å². The maximum atomic E-state index is 6.31. The normalized spacial score (nSPS) is 10.8. The summed E-state index contributed by atoms with van der Waals surface area (Å²) in [6, 6.07) is 5.80. The molecular weight excluding hydrogens is 363 g/mol. The fourth-order valence-electron chi connectivity index (χ4n) is 1.94. The van der Waals surface area contributed by atoms with Gasteiger partial charge in [-0.15, -0.1) is 11.6 Å². The summed E-state index contributed by atoms with van der Waals surface area (Å²) in [5.74, 6) is 1.14. The van der Waals surface area contributed by atoms with E-state index >= 15 is 0 Å². The topological polar surface area (TPSA) is 27.1 Å². The number of hydrogen-bond acceptors (Lipinski definition) is 2. The van der Waals surface area contributed by atoms with Gasteiger partial charge >= 0.3 is 0 Å². The van der Waals surface area contributed by atoms with Crippen LogP contribution in [0.25, 0.3) is 0 Å². The van der Waals surface area contributed by atoms with E-state index in [4.69, 9.17) is 27.9 Å². The smallest absolute Gasteiger partial charge is 0.138 e. The Hall–Kier alpha value is -0.710. The second-order valence-corrected chi connectivity index (χ2v) is 5.83. The van der Waals surface area contributed by atoms with Crippen molar-refractivity contribution in [3.05, 3.63) is 44.6 Å². The summed E-state index contributed by atoms with van der Waals surface area (Å²) in [5.41, 5.74) is 2.69. The molecule has 0 saturated heterocycles. The highest BCUT2D eigenvalue weighted by Gasteiger charge is 2.15. The van der Waals surface area contributed by atoms with Gasteiger partial charge in [-0.25, -0.2) is 0 Å². The summed E-state index contributed by atoms with van der Waals surface area (Å²) in [6.45, 7) is 2.38. The highest BCUT2D eigenvalue weighted by Crippen LogP contribution is 2.31. The number of halogens is 3. The Morgan fingerprint density at radius 2 is 2.15 bits per heavy atom. The lowest BCUT2D eigenvalue weighted by Gasteiger charge is -2.12. The van der Waals surface area contributed by atoms with Gasteiger partial charge in [0.2, 0.25) is 0 Å². The Balaban J connectivity index is 2.23. The third-order valence-electron chi connectivity index (χ3n) is 3.05. The maximum Gasteiger partial charge on any atom is 0.138 e. The lowest BCUT2D eigenvalue weighted by atomic mass is 10.2. The number of ether oxygens (including phenoxy) is 1. The lowest BCUT2D eigenvalue weighted by Crippen LogP contribution is -2.05. The standard InChI is InChI=1S/C14H15BrCl2N2O/c1-3-11-13(17)12(19(2)18-11)8-20-14-9(7-16)5-4-6-10(14)15/h4-6H,3,7-8H2,1-2H3. The van der Waals surface area contributed by atoms with Crippen LogP contribution in [-0.4, -0.2) is 9.78 Å². The SMILES string of the molecule is CCc1nn(C)c(COc2c(Br)cccc2CCl)c1Cl. The molecule has 0 fully saturated rings. The van der Waals surface area contributed by atoms with Crippen molar-refractivity contribution in [3.63, 3.8) is 0 Å². The molecular formula is C14H15BrCl2N2O. The Morgan fingerprint density at radius 1 is 1.40 bits per heavy atom. The first-order valence-electron chi connectivity index (χ1n) is 6.24. The molecule has 1 heterocycles. The van der Waals surface area contributed by atoms with E-state index in [9.17, 15) is 0 Å². The van der Waals surface area contributed by atoms with Crippen LogP contribution in [0, 0.1) is 0 Å². The Kier molecular flexibility index (Phi) is 5.35. The molecule has 1 aromatic carbocycles. The summed E-state index contributed by atoms with van der Waals surface area (Å²) < 4.78 is 8.53. The van der Waals surface area contributed by atoms with E-state index in [2.05, 4.69) is 21.0 Å². The van der Waals surface area contributed by atoms with Crippen LogP contribution in [0.1, 0.15) is 23.9 Å². The molecule has 108 valence electrons. The molecule has 0 spiro atoms. The van der Waals surface area contributed by atoms with Gasteiger partial charge in [-0.1, -0.05) is 30.7 Å². The third kappa shape index (κ3) is 3.13. The van der Waals surface area contributed by atoms with Crippen molar-refractivity contribution >= 4 is 39.1 Å². The van der Waals surface area contributed by atoms with Crippen LogP contribution in [0.2, 0.25) is 5.02 Å². The summed E-state index contributed by atoms with van der Waals surface area (Å²) in [7, 11) is 1.87.